The maximum atomic E-state index is 14.4. The molecule has 0 aromatic carbocycles. The second kappa shape index (κ2) is 28.3. The number of hydrogen-bond acceptors (Lipinski definition) is 14. The number of allylic oxidation sites excluding steroid dienone is 6. The van der Waals surface area contributed by atoms with E-state index in [1.807, 2.05) is 44.2 Å². The first-order valence-electron chi connectivity index (χ1n) is 24.5. The largest absolute Gasteiger partial charge is 0.460 e. The Kier molecular flexibility index (Phi) is 23.7. The molecule has 378 valence electrons. The average Bonchev–Trinajstić information content (AvgIpc) is 3.32. The summed E-state index contributed by atoms with van der Waals surface area (Å²) in [6.07, 6.45) is 14.8. The van der Waals surface area contributed by atoms with Gasteiger partial charge in [0.1, 0.15) is 30.1 Å². The summed E-state index contributed by atoms with van der Waals surface area (Å²) in [5, 5.41) is 11.9. The van der Waals surface area contributed by atoms with Crippen LogP contribution in [-0.2, 0) is 61.9 Å². The highest BCUT2D eigenvalue weighted by molar-refractivity contribution is 6.39. The summed E-state index contributed by atoms with van der Waals surface area (Å²) in [6, 6.07) is -1.11. The molecule has 4 aliphatic rings. The zero-order valence-electron chi connectivity index (χ0n) is 41.7. The van der Waals surface area contributed by atoms with Gasteiger partial charge in [-0.25, -0.2) is 4.79 Å². The van der Waals surface area contributed by atoms with E-state index in [1.54, 1.807) is 41.3 Å². The number of fused-ring (bicyclic) bond motifs is 3. The molecule has 1 aliphatic carbocycles. The van der Waals surface area contributed by atoms with Crippen LogP contribution in [0.25, 0.3) is 0 Å². The standard InChI is InChI=1S/C52H81NO14/c1-34-18-14-12-10-11-13-15-20-42(55)48(64-9)47(63-8)35(2)21-24-39(54)32-45(36(3)30-38-23-26-43(46(31-38)62-7)65-29-28-60-5)66-51(58)41-19-16-17-27-53(41)50(57)49(56)52(59)37(4)22-25-40(67-52)33-44(34)61-6/h10-12,14,18,21,36-38,40-41,43-48,59H,13,15-17,19-20,22-33H2,1-9H3/b11-10+,14-12+,34-18+,35-21+/t36-,37-,38+,40+,41+,43-,44+,45+,46-,47-,48+,52-/m1/s1. The molecule has 3 fully saturated rings. The van der Waals surface area contributed by atoms with Gasteiger partial charge in [0.2, 0.25) is 5.79 Å². The number of carbonyl (C=O) groups is 5. The van der Waals surface area contributed by atoms with Crippen molar-refractivity contribution in [2.24, 2.45) is 17.8 Å². The second-order valence-corrected chi connectivity index (χ2v) is 19.0. The molecule has 0 unspecified atom stereocenters. The number of piperidine rings is 1. The molecule has 2 bridgehead atoms. The minimum absolute atomic E-state index is 0.00872. The Bertz CT molecular complexity index is 1740. The van der Waals surface area contributed by atoms with Crippen molar-refractivity contribution >= 4 is 29.2 Å². The topological polar surface area (TPSA) is 183 Å². The first-order valence-corrected chi connectivity index (χ1v) is 24.5. The lowest BCUT2D eigenvalue weighted by atomic mass is 9.78. The van der Waals surface area contributed by atoms with E-state index in [0.29, 0.717) is 70.2 Å². The lowest BCUT2D eigenvalue weighted by Gasteiger charge is -2.42. The number of amides is 1. The number of aliphatic hydroxyl groups is 1. The molecule has 3 aliphatic heterocycles. The van der Waals surface area contributed by atoms with Crippen molar-refractivity contribution in [2.45, 2.75) is 179 Å². The van der Waals surface area contributed by atoms with E-state index in [-0.39, 0.29) is 67.8 Å². The Balaban J connectivity index is 1.65. The van der Waals surface area contributed by atoms with Gasteiger partial charge in [0.25, 0.3) is 11.7 Å². The van der Waals surface area contributed by atoms with Gasteiger partial charge in [-0.3, -0.25) is 19.2 Å². The lowest BCUT2D eigenvalue weighted by Crippen LogP contribution is -2.61. The summed E-state index contributed by atoms with van der Waals surface area (Å²) in [6.45, 7) is 8.44. The van der Waals surface area contributed by atoms with Gasteiger partial charge in [0.15, 0.2) is 5.78 Å². The Morgan fingerprint density at radius 1 is 0.821 bits per heavy atom. The van der Waals surface area contributed by atoms with E-state index in [0.717, 1.165) is 24.8 Å². The molecule has 3 heterocycles. The van der Waals surface area contributed by atoms with Gasteiger partial charge >= 0.3 is 5.97 Å². The molecular weight excluding hydrogens is 863 g/mol. The Morgan fingerprint density at radius 3 is 2.28 bits per heavy atom. The molecule has 0 spiro atoms. The molecule has 1 amide bonds. The molecule has 15 nitrogen and oxygen atoms in total. The van der Waals surface area contributed by atoms with Crippen LogP contribution >= 0.6 is 0 Å². The van der Waals surface area contributed by atoms with Gasteiger partial charge in [-0.15, -0.1) is 0 Å². The smallest absolute Gasteiger partial charge is 0.329 e. The summed E-state index contributed by atoms with van der Waals surface area (Å²) in [5.41, 5.74) is 1.56. The highest BCUT2D eigenvalue weighted by Gasteiger charge is 2.53. The minimum atomic E-state index is -2.41. The van der Waals surface area contributed by atoms with Gasteiger partial charge in [-0.1, -0.05) is 50.3 Å². The predicted molar refractivity (Wildman–Crippen MR) is 252 cm³/mol. The lowest BCUT2D eigenvalue weighted by molar-refractivity contribution is -0.265. The maximum absolute atomic E-state index is 14.4. The molecule has 15 heteroatoms. The van der Waals surface area contributed by atoms with Crippen molar-refractivity contribution in [2.75, 3.05) is 55.3 Å². The molecule has 1 N–H and O–H groups in total. The van der Waals surface area contributed by atoms with Crippen LogP contribution in [-0.4, -0.2) is 149 Å². The van der Waals surface area contributed by atoms with Crippen LogP contribution in [0.3, 0.4) is 0 Å². The van der Waals surface area contributed by atoms with Crippen LogP contribution in [0.15, 0.2) is 47.6 Å². The Morgan fingerprint density at radius 2 is 1.58 bits per heavy atom. The van der Waals surface area contributed by atoms with Gasteiger partial charge in [-0.2, -0.15) is 0 Å². The number of Topliss-reactive ketones (excluding diaryl/α,β-unsaturated/α-hetero) is 3. The Hall–Kier alpha value is -3.41. The number of rotatable bonds is 11. The molecule has 0 radical (unpaired) electrons. The zero-order valence-corrected chi connectivity index (χ0v) is 41.7. The van der Waals surface area contributed by atoms with Crippen LogP contribution in [0.5, 0.6) is 0 Å². The third-order valence-electron chi connectivity index (χ3n) is 14.3. The van der Waals surface area contributed by atoms with Gasteiger partial charge < -0.3 is 47.9 Å². The number of carbonyl (C=O) groups excluding carboxylic acids is 5. The van der Waals surface area contributed by atoms with E-state index in [9.17, 15) is 29.1 Å². The van der Waals surface area contributed by atoms with Crippen LogP contribution in [0.4, 0.5) is 0 Å². The van der Waals surface area contributed by atoms with Gasteiger partial charge in [0.05, 0.1) is 37.6 Å². The fourth-order valence-electron chi connectivity index (χ4n) is 10.1. The number of esters is 1. The summed E-state index contributed by atoms with van der Waals surface area (Å²) < 4.78 is 46.9. The van der Waals surface area contributed by atoms with Crippen LogP contribution in [0.1, 0.15) is 124 Å². The first-order chi connectivity index (χ1) is 32.1. The van der Waals surface area contributed by atoms with Crippen molar-refractivity contribution in [3.8, 4) is 0 Å². The molecule has 67 heavy (non-hydrogen) atoms. The minimum Gasteiger partial charge on any atom is -0.460 e. The van der Waals surface area contributed by atoms with Crippen molar-refractivity contribution in [3.63, 3.8) is 0 Å². The monoisotopic (exact) mass is 944 g/mol. The molecule has 0 aromatic rings. The van der Waals surface area contributed by atoms with E-state index < -0.39 is 65.9 Å². The fraction of sp³-hybridized carbons (Fsp3) is 0.750. The van der Waals surface area contributed by atoms with E-state index >= 15 is 0 Å². The normalized spacial score (nSPS) is 36.2. The molecule has 12 atom stereocenters. The average molecular weight is 944 g/mol. The van der Waals surface area contributed by atoms with Crippen molar-refractivity contribution in [3.05, 3.63) is 47.6 Å². The molecule has 1 saturated carbocycles. The molecular formula is C52H81NO14. The highest BCUT2D eigenvalue weighted by Crippen LogP contribution is 2.38. The number of ketones is 3. The fourth-order valence-corrected chi connectivity index (χ4v) is 10.1. The van der Waals surface area contributed by atoms with Crippen LogP contribution in [0, 0.1) is 17.8 Å². The van der Waals surface area contributed by atoms with Gasteiger partial charge in [0, 0.05) is 73.7 Å². The number of nitrogens with zero attached hydrogens (tertiary/aromatic N) is 1. The number of ether oxygens (including phenoxy) is 8. The SMILES string of the molecule is COCCO[C@@H]1CC[C@@H](C[C@@H](C)[C@@H]2CC(=O)C/C=C(\C)[C@@H](OC)[C@@H](OC)C(=O)CCC/C=C/C=C/C=C(\C)[C@@H](OC)C[C@@H]3CC[C@@H](C)[C@@](O)(O3)C(=O)C(=O)N3CCCC[C@H]3C(=O)O2)C[C@H]1OC. The van der Waals surface area contributed by atoms with Gasteiger partial charge in [-0.05, 0) is 107 Å². The number of cyclic esters (lactones) is 1. The Labute approximate surface area is 399 Å². The summed E-state index contributed by atoms with van der Waals surface area (Å²) in [4.78, 5) is 71.5. The van der Waals surface area contributed by atoms with E-state index in [1.165, 1.54) is 19.1 Å². The third-order valence-corrected chi connectivity index (χ3v) is 14.3. The number of hydrogen-bond donors (Lipinski definition) is 1. The molecule has 2 saturated heterocycles. The predicted octanol–water partition coefficient (Wildman–Crippen LogP) is 6.77. The summed E-state index contributed by atoms with van der Waals surface area (Å²) in [5.74, 6) is -6.31. The number of methoxy groups -OCH3 is 5. The van der Waals surface area contributed by atoms with Crippen molar-refractivity contribution in [1.29, 1.82) is 0 Å². The van der Waals surface area contributed by atoms with Crippen LogP contribution in [0.2, 0.25) is 0 Å². The summed E-state index contributed by atoms with van der Waals surface area (Å²) >= 11 is 0. The van der Waals surface area contributed by atoms with E-state index in [4.69, 9.17) is 37.9 Å². The third kappa shape index (κ3) is 16.1. The van der Waals surface area contributed by atoms with Crippen LogP contribution < -0.4 is 0 Å². The summed E-state index contributed by atoms with van der Waals surface area (Å²) in [7, 11) is 7.87. The second-order valence-electron chi connectivity index (χ2n) is 19.0. The van der Waals surface area contributed by atoms with Crippen molar-refractivity contribution < 1.29 is 67.0 Å². The molecule has 4 rings (SSSR count). The zero-order chi connectivity index (χ0) is 49.1. The maximum Gasteiger partial charge on any atom is 0.329 e. The quantitative estimate of drug-likeness (QED) is 0.0992. The highest BCUT2D eigenvalue weighted by atomic mass is 16.6. The molecule has 0 aromatic heterocycles. The van der Waals surface area contributed by atoms with E-state index in [2.05, 4.69) is 0 Å². The van der Waals surface area contributed by atoms with Crippen molar-refractivity contribution in [1.82, 2.24) is 4.90 Å². The first kappa shape index (κ1) is 56.2.